The number of urea groups is 1. The number of carbonyl (C=O) groups excluding carboxylic acids is 1. The summed E-state index contributed by atoms with van der Waals surface area (Å²) in [6.07, 6.45) is 8.53. The second-order valence-electron chi connectivity index (χ2n) is 11.7. The number of aryl methyl sites for hydroxylation is 1. The predicted octanol–water partition coefficient (Wildman–Crippen LogP) is 6.72. The van der Waals surface area contributed by atoms with Crippen LogP contribution in [0, 0.1) is 12.7 Å². The SMILES string of the molecule is Cc1cccc(F)c1N1CCC(N2C(=O)N(Cc3ccccc3C3CC3)c3cn(C4CC4)nc3C2C)CC1. The molecule has 2 amide bonds. The first-order valence-corrected chi connectivity index (χ1v) is 14.3. The van der Waals surface area contributed by atoms with Crippen molar-refractivity contribution in [3.63, 3.8) is 0 Å². The van der Waals surface area contributed by atoms with Crippen LogP contribution in [0.5, 0.6) is 0 Å². The lowest BCUT2D eigenvalue weighted by Crippen LogP contribution is -2.55. The number of rotatable bonds is 6. The molecule has 3 heterocycles. The largest absolute Gasteiger partial charge is 0.369 e. The molecule has 0 spiro atoms. The second kappa shape index (κ2) is 9.14. The van der Waals surface area contributed by atoms with Gasteiger partial charge in [-0.3, -0.25) is 9.58 Å². The number of fused-ring (bicyclic) bond motifs is 1. The van der Waals surface area contributed by atoms with Crippen LogP contribution in [0.15, 0.2) is 48.7 Å². The summed E-state index contributed by atoms with van der Waals surface area (Å²) in [4.78, 5) is 20.5. The fourth-order valence-corrected chi connectivity index (χ4v) is 6.63. The van der Waals surface area contributed by atoms with E-state index in [1.54, 1.807) is 12.1 Å². The summed E-state index contributed by atoms with van der Waals surface area (Å²) in [6, 6.07) is 14.5. The number of hydrogen-bond acceptors (Lipinski definition) is 3. The summed E-state index contributed by atoms with van der Waals surface area (Å²) in [5.41, 5.74) is 6.26. The number of piperidine rings is 1. The van der Waals surface area contributed by atoms with E-state index in [1.165, 1.54) is 24.0 Å². The van der Waals surface area contributed by atoms with E-state index in [1.807, 2.05) is 17.9 Å². The van der Waals surface area contributed by atoms with Crippen molar-refractivity contribution in [2.75, 3.05) is 22.9 Å². The minimum absolute atomic E-state index is 0.0754. The molecule has 7 heteroatoms. The third-order valence-corrected chi connectivity index (χ3v) is 8.98. The monoisotopic (exact) mass is 513 g/mol. The molecule has 2 aliphatic heterocycles. The summed E-state index contributed by atoms with van der Waals surface area (Å²) in [5.74, 6) is 0.461. The van der Waals surface area contributed by atoms with Gasteiger partial charge in [-0.25, -0.2) is 9.18 Å². The number of amides is 2. The molecular formula is C31H36FN5O. The molecule has 3 fully saturated rings. The van der Waals surface area contributed by atoms with Gasteiger partial charge in [0, 0.05) is 25.3 Å². The molecule has 1 saturated heterocycles. The number of anilines is 2. The van der Waals surface area contributed by atoms with Gasteiger partial charge in [0.05, 0.1) is 30.0 Å². The number of benzene rings is 2. The molecule has 0 bridgehead atoms. The maximum atomic E-state index is 14.7. The van der Waals surface area contributed by atoms with Gasteiger partial charge in [-0.15, -0.1) is 0 Å². The Hall–Kier alpha value is -3.35. The lowest BCUT2D eigenvalue weighted by Gasteiger charge is -2.46. The molecule has 0 N–H and O–H groups in total. The minimum atomic E-state index is -0.165. The normalized spacial score (nSPS) is 22.2. The number of halogens is 1. The van der Waals surface area contributed by atoms with Crippen LogP contribution < -0.4 is 9.80 Å². The Morgan fingerprint density at radius 2 is 1.71 bits per heavy atom. The fraction of sp³-hybridized carbons (Fsp3) is 0.484. The molecule has 198 valence electrons. The molecule has 2 aliphatic carbocycles. The first-order valence-electron chi connectivity index (χ1n) is 14.3. The van der Waals surface area contributed by atoms with Crippen LogP contribution in [-0.2, 0) is 6.54 Å². The van der Waals surface area contributed by atoms with Gasteiger partial charge in [0.25, 0.3) is 0 Å². The van der Waals surface area contributed by atoms with Gasteiger partial charge < -0.3 is 9.80 Å². The van der Waals surface area contributed by atoms with Crippen LogP contribution in [-0.4, -0.2) is 39.8 Å². The lowest BCUT2D eigenvalue weighted by atomic mass is 9.97. The minimum Gasteiger partial charge on any atom is -0.369 e. The van der Waals surface area contributed by atoms with Crippen molar-refractivity contribution in [2.24, 2.45) is 0 Å². The topological polar surface area (TPSA) is 44.6 Å². The van der Waals surface area contributed by atoms with Gasteiger partial charge in [0.2, 0.25) is 0 Å². The first-order chi connectivity index (χ1) is 18.5. The molecule has 6 nitrogen and oxygen atoms in total. The fourth-order valence-electron chi connectivity index (χ4n) is 6.63. The Labute approximate surface area is 224 Å². The third-order valence-electron chi connectivity index (χ3n) is 8.98. The lowest BCUT2D eigenvalue weighted by molar-refractivity contribution is 0.134. The Balaban J connectivity index is 1.18. The van der Waals surface area contributed by atoms with Crippen molar-refractivity contribution in [3.05, 3.63) is 76.9 Å². The van der Waals surface area contributed by atoms with E-state index in [-0.39, 0.29) is 23.9 Å². The number of para-hydroxylation sites is 1. The average Bonchev–Trinajstić information content (AvgIpc) is 3.86. The highest BCUT2D eigenvalue weighted by Crippen LogP contribution is 2.45. The Morgan fingerprint density at radius 1 is 0.947 bits per heavy atom. The van der Waals surface area contributed by atoms with E-state index >= 15 is 0 Å². The molecule has 38 heavy (non-hydrogen) atoms. The zero-order valence-electron chi connectivity index (χ0n) is 22.3. The molecule has 1 unspecified atom stereocenters. The zero-order chi connectivity index (χ0) is 26.0. The number of aromatic nitrogens is 2. The maximum Gasteiger partial charge on any atom is 0.325 e. The van der Waals surface area contributed by atoms with Gasteiger partial charge in [0.1, 0.15) is 11.5 Å². The molecule has 2 saturated carbocycles. The van der Waals surface area contributed by atoms with E-state index in [4.69, 9.17) is 5.10 Å². The highest BCUT2D eigenvalue weighted by atomic mass is 19.1. The maximum absolute atomic E-state index is 14.7. The number of hydrogen-bond donors (Lipinski definition) is 0. The molecular weight excluding hydrogens is 477 g/mol. The van der Waals surface area contributed by atoms with Crippen molar-refractivity contribution < 1.29 is 9.18 Å². The van der Waals surface area contributed by atoms with Crippen molar-refractivity contribution in [2.45, 2.75) is 83.0 Å². The van der Waals surface area contributed by atoms with Crippen molar-refractivity contribution in [1.82, 2.24) is 14.7 Å². The third kappa shape index (κ3) is 4.07. The van der Waals surface area contributed by atoms with Crippen LogP contribution in [0.25, 0.3) is 0 Å². The van der Waals surface area contributed by atoms with Crippen LogP contribution in [0.2, 0.25) is 0 Å². The van der Waals surface area contributed by atoms with E-state index in [9.17, 15) is 9.18 Å². The summed E-state index contributed by atoms with van der Waals surface area (Å²) in [7, 11) is 0. The van der Waals surface area contributed by atoms with Gasteiger partial charge >= 0.3 is 6.03 Å². The summed E-state index contributed by atoms with van der Waals surface area (Å²) < 4.78 is 16.8. The smallest absolute Gasteiger partial charge is 0.325 e. The Bertz CT molecular complexity index is 1350. The standard InChI is InChI=1S/C31H36FN5O/c1-20-6-5-9-27(32)30(20)34-16-14-25(15-17-34)37-21(2)29-28(19-36(33-29)24-12-13-24)35(31(37)38)18-23-7-3-4-8-26(23)22-10-11-22/h3-9,19,21-22,24-25H,10-18H2,1-2H3. The molecule has 1 aromatic heterocycles. The first kappa shape index (κ1) is 23.7. The summed E-state index contributed by atoms with van der Waals surface area (Å²) >= 11 is 0. The zero-order valence-corrected chi connectivity index (χ0v) is 22.3. The number of nitrogens with zero attached hydrogens (tertiary/aromatic N) is 5. The van der Waals surface area contributed by atoms with Crippen molar-refractivity contribution >= 4 is 17.4 Å². The summed E-state index contributed by atoms with van der Waals surface area (Å²) in [6.45, 7) is 6.14. The summed E-state index contributed by atoms with van der Waals surface area (Å²) in [5, 5.41) is 5.04. The van der Waals surface area contributed by atoms with Crippen LogP contribution in [0.1, 0.15) is 85.8 Å². The molecule has 1 atom stereocenters. The Kier molecular flexibility index (Phi) is 5.71. The predicted molar refractivity (Wildman–Crippen MR) is 147 cm³/mol. The van der Waals surface area contributed by atoms with E-state index in [0.29, 0.717) is 24.2 Å². The highest BCUT2D eigenvalue weighted by Gasteiger charge is 2.43. The quantitative estimate of drug-likeness (QED) is 0.368. The van der Waals surface area contributed by atoms with E-state index in [2.05, 4.69) is 51.9 Å². The molecule has 4 aliphatic rings. The van der Waals surface area contributed by atoms with Gasteiger partial charge in [0.15, 0.2) is 0 Å². The van der Waals surface area contributed by atoms with E-state index in [0.717, 1.165) is 55.7 Å². The average molecular weight is 514 g/mol. The second-order valence-corrected chi connectivity index (χ2v) is 11.7. The molecule has 3 aromatic rings. The molecule has 0 radical (unpaired) electrons. The van der Waals surface area contributed by atoms with Gasteiger partial charge in [-0.2, -0.15) is 5.10 Å². The van der Waals surface area contributed by atoms with E-state index < -0.39 is 0 Å². The van der Waals surface area contributed by atoms with Crippen molar-refractivity contribution in [3.8, 4) is 0 Å². The van der Waals surface area contributed by atoms with Crippen LogP contribution in [0.4, 0.5) is 20.6 Å². The van der Waals surface area contributed by atoms with Crippen molar-refractivity contribution in [1.29, 1.82) is 0 Å². The molecule has 7 rings (SSSR count). The Morgan fingerprint density at radius 3 is 2.42 bits per heavy atom. The van der Waals surface area contributed by atoms with Crippen LogP contribution >= 0.6 is 0 Å². The van der Waals surface area contributed by atoms with Crippen LogP contribution in [0.3, 0.4) is 0 Å². The molecule has 2 aromatic carbocycles. The van der Waals surface area contributed by atoms with Gasteiger partial charge in [-0.05, 0) is 81.0 Å². The number of carbonyl (C=O) groups is 1. The highest BCUT2D eigenvalue weighted by molar-refractivity contribution is 5.95. The van der Waals surface area contributed by atoms with Gasteiger partial charge in [-0.1, -0.05) is 36.4 Å².